The maximum atomic E-state index is 11.4. The minimum atomic E-state index is -4.21. The van der Waals surface area contributed by atoms with Gasteiger partial charge in [0.2, 0.25) is 0 Å². The molecule has 0 aliphatic heterocycles. The third kappa shape index (κ3) is 5.19. The van der Waals surface area contributed by atoms with Crippen LogP contribution in [0, 0.1) is 0 Å². The van der Waals surface area contributed by atoms with Gasteiger partial charge < -0.3 is 14.4 Å². The highest BCUT2D eigenvalue weighted by Crippen LogP contribution is 2.44. The molecule has 0 saturated carbocycles. The number of rotatable bonds is 6. The number of hydrogen-bond acceptors (Lipinski definition) is 5. The lowest BCUT2D eigenvalue weighted by molar-refractivity contribution is 0.0991. The average molecular weight is 262 g/mol. The fourth-order valence-corrected chi connectivity index (χ4v) is 1.86. The van der Waals surface area contributed by atoms with Crippen molar-refractivity contribution in [3.8, 4) is 11.5 Å². The SMILES string of the molecule is COc1cccc(OP(=O)(O)OCC(C)O)c1. The fourth-order valence-electron chi connectivity index (χ4n) is 1.02. The first-order valence-electron chi connectivity index (χ1n) is 4.92. The molecule has 0 amide bonds. The summed E-state index contributed by atoms with van der Waals surface area (Å²) in [5.74, 6) is 0.652. The normalized spacial score (nSPS) is 16.0. The highest BCUT2D eigenvalue weighted by Gasteiger charge is 2.23. The summed E-state index contributed by atoms with van der Waals surface area (Å²) in [7, 11) is -2.74. The summed E-state index contributed by atoms with van der Waals surface area (Å²) >= 11 is 0. The molecule has 0 heterocycles. The van der Waals surface area contributed by atoms with Crippen LogP contribution < -0.4 is 9.26 Å². The minimum absolute atomic E-state index is 0.153. The molecule has 0 saturated heterocycles. The third-order valence-electron chi connectivity index (χ3n) is 1.74. The zero-order valence-corrected chi connectivity index (χ0v) is 10.5. The monoisotopic (exact) mass is 262 g/mol. The van der Waals surface area contributed by atoms with Crippen LogP contribution >= 0.6 is 7.82 Å². The van der Waals surface area contributed by atoms with Crippen LogP contribution in [0.25, 0.3) is 0 Å². The second-order valence-corrected chi connectivity index (χ2v) is 4.76. The highest BCUT2D eigenvalue weighted by molar-refractivity contribution is 7.47. The van der Waals surface area contributed by atoms with Crippen LogP contribution in [-0.4, -0.2) is 29.8 Å². The van der Waals surface area contributed by atoms with Gasteiger partial charge in [0.1, 0.15) is 11.5 Å². The number of phosphoric acid groups is 1. The van der Waals surface area contributed by atoms with E-state index in [4.69, 9.17) is 14.4 Å². The van der Waals surface area contributed by atoms with Crippen molar-refractivity contribution in [3.05, 3.63) is 24.3 Å². The van der Waals surface area contributed by atoms with E-state index in [1.54, 1.807) is 12.1 Å². The molecule has 17 heavy (non-hydrogen) atoms. The molecule has 7 heteroatoms. The Bertz CT molecular complexity index is 406. The number of phosphoric ester groups is 1. The summed E-state index contributed by atoms with van der Waals surface area (Å²) in [5.41, 5.74) is 0. The van der Waals surface area contributed by atoms with Crippen LogP contribution in [0.4, 0.5) is 0 Å². The number of aliphatic hydroxyl groups is 1. The summed E-state index contributed by atoms with van der Waals surface area (Å²) in [6.07, 6.45) is -0.843. The molecule has 2 unspecified atom stereocenters. The minimum Gasteiger partial charge on any atom is -0.497 e. The molecule has 0 aliphatic carbocycles. The molecule has 0 fully saturated rings. The van der Waals surface area contributed by atoms with E-state index in [2.05, 4.69) is 4.52 Å². The molecular formula is C10H15O6P. The first-order chi connectivity index (χ1) is 7.93. The van der Waals surface area contributed by atoms with Crippen LogP contribution in [0.3, 0.4) is 0 Å². The molecule has 0 spiro atoms. The third-order valence-corrected chi connectivity index (χ3v) is 2.66. The lowest BCUT2D eigenvalue weighted by Gasteiger charge is -2.14. The van der Waals surface area contributed by atoms with Crippen molar-refractivity contribution in [1.82, 2.24) is 0 Å². The summed E-state index contributed by atoms with van der Waals surface area (Å²) in [4.78, 5) is 9.34. The number of hydrogen-bond donors (Lipinski definition) is 2. The van der Waals surface area contributed by atoms with Crippen LogP contribution in [0.2, 0.25) is 0 Å². The summed E-state index contributed by atoms with van der Waals surface area (Å²) in [6.45, 7) is 1.16. The topological polar surface area (TPSA) is 85.2 Å². The Labute approximate surface area is 99.4 Å². The van der Waals surface area contributed by atoms with Gasteiger partial charge in [-0.25, -0.2) is 4.57 Å². The van der Waals surface area contributed by atoms with E-state index in [0.717, 1.165) is 0 Å². The second-order valence-electron chi connectivity index (χ2n) is 3.38. The van der Waals surface area contributed by atoms with Crippen molar-refractivity contribution in [3.63, 3.8) is 0 Å². The molecule has 0 bridgehead atoms. The number of methoxy groups -OCH3 is 1. The van der Waals surface area contributed by atoms with Gasteiger partial charge in [0.25, 0.3) is 0 Å². The van der Waals surface area contributed by atoms with Gasteiger partial charge in [0.05, 0.1) is 19.8 Å². The second kappa shape index (κ2) is 6.02. The number of benzene rings is 1. The largest absolute Gasteiger partial charge is 0.527 e. The predicted octanol–water partition coefficient (Wildman–Crippen LogP) is 1.57. The maximum absolute atomic E-state index is 11.4. The van der Waals surface area contributed by atoms with Gasteiger partial charge in [-0.05, 0) is 19.1 Å². The Hall–Kier alpha value is -1.07. The average Bonchev–Trinajstić information content (AvgIpc) is 2.26. The Balaban J connectivity index is 2.65. The van der Waals surface area contributed by atoms with Gasteiger partial charge in [0, 0.05) is 6.07 Å². The Morgan fingerprint density at radius 2 is 2.06 bits per heavy atom. The van der Waals surface area contributed by atoms with Crippen LogP contribution in [0.5, 0.6) is 11.5 Å². The Kier molecular flexibility index (Phi) is 4.96. The van der Waals surface area contributed by atoms with Gasteiger partial charge >= 0.3 is 7.82 Å². The van der Waals surface area contributed by atoms with Gasteiger partial charge in [-0.2, -0.15) is 0 Å². The van der Waals surface area contributed by atoms with Crippen molar-refractivity contribution < 1.29 is 28.3 Å². The van der Waals surface area contributed by atoms with Gasteiger partial charge in [0.15, 0.2) is 0 Å². The van der Waals surface area contributed by atoms with Crippen molar-refractivity contribution in [1.29, 1.82) is 0 Å². The fraction of sp³-hybridized carbons (Fsp3) is 0.400. The van der Waals surface area contributed by atoms with E-state index < -0.39 is 13.9 Å². The highest BCUT2D eigenvalue weighted by atomic mass is 31.2. The lowest BCUT2D eigenvalue weighted by Crippen LogP contribution is -2.10. The molecule has 96 valence electrons. The van der Waals surface area contributed by atoms with E-state index in [9.17, 15) is 9.46 Å². The molecule has 0 radical (unpaired) electrons. The molecule has 1 aromatic carbocycles. The van der Waals surface area contributed by atoms with E-state index in [-0.39, 0.29) is 12.4 Å². The molecule has 0 aliphatic rings. The molecule has 2 N–H and O–H groups in total. The van der Waals surface area contributed by atoms with E-state index >= 15 is 0 Å². The smallest absolute Gasteiger partial charge is 0.497 e. The first-order valence-corrected chi connectivity index (χ1v) is 6.41. The molecule has 6 nitrogen and oxygen atoms in total. The van der Waals surface area contributed by atoms with Gasteiger partial charge in [-0.1, -0.05) is 6.07 Å². The van der Waals surface area contributed by atoms with E-state index in [1.165, 1.54) is 26.2 Å². The Morgan fingerprint density at radius 1 is 1.41 bits per heavy atom. The van der Waals surface area contributed by atoms with E-state index in [1.807, 2.05) is 0 Å². The molecule has 1 rings (SSSR count). The lowest BCUT2D eigenvalue weighted by atomic mass is 10.3. The van der Waals surface area contributed by atoms with Crippen molar-refractivity contribution in [2.45, 2.75) is 13.0 Å². The molecule has 1 aromatic rings. The van der Waals surface area contributed by atoms with Gasteiger partial charge in [-0.15, -0.1) is 0 Å². The molecule has 2 atom stereocenters. The first kappa shape index (κ1) is 14.0. The number of ether oxygens (including phenoxy) is 1. The summed E-state index contributed by atoms with van der Waals surface area (Å²) in [6, 6.07) is 6.24. The van der Waals surface area contributed by atoms with E-state index in [0.29, 0.717) is 5.75 Å². The standard InChI is InChI=1S/C10H15O6P/c1-8(11)7-15-17(12,13)16-10-5-3-4-9(6-10)14-2/h3-6,8,11H,7H2,1-2H3,(H,12,13). The zero-order chi connectivity index (χ0) is 12.9. The quantitative estimate of drug-likeness (QED) is 0.757. The molecule has 0 aromatic heterocycles. The van der Waals surface area contributed by atoms with Crippen molar-refractivity contribution in [2.24, 2.45) is 0 Å². The van der Waals surface area contributed by atoms with Crippen LogP contribution in [0.1, 0.15) is 6.92 Å². The predicted molar refractivity (Wildman–Crippen MR) is 61.1 cm³/mol. The number of aliphatic hydroxyl groups excluding tert-OH is 1. The van der Waals surface area contributed by atoms with Crippen LogP contribution in [-0.2, 0) is 9.09 Å². The summed E-state index contributed by atoms with van der Waals surface area (Å²) in [5, 5.41) is 8.93. The van der Waals surface area contributed by atoms with Gasteiger partial charge in [-0.3, -0.25) is 9.42 Å². The Morgan fingerprint density at radius 3 is 2.65 bits per heavy atom. The van der Waals surface area contributed by atoms with Crippen molar-refractivity contribution in [2.75, 3.05) is 13.7 Å². The maximum Gasteiger partial charge on any atom is 0.527 e. The summed E-state index contributed by atoms with van der Waals surface area (Å²) < 4.78 is 25.7. The van der Waals surface area contributed by atoms with Crippen molar-refractivity contribution >= 4 is 7.82 Å². The van der Waals surface area contributed by atoms with Crippen LogP contribution in [0.15, 0.2) is 24.3 Å². The zero-order valence-electron chi connectivity index (χ0n) is 9.57. The molecular weight excluding hydrogens is 247 g/mol.